The van der Waals surface area contributed by atoms with Crippen molar-refractivity contribution in [3.63, 3.8) is 0 Å². The predicted molar refractivity (Wildman–Crippen MR) is 57.3 cm³/mol. The summed E-state index contributed by atoms with van der Waals surface area (Å²) in [5, 5.41) is 8.84. The van der Waals surface area contributed by atoms with E-state index in [0.29, 0.717) is 12.2 Å². The highest BCUT2D eigenvalue weighted by atomic mass is 19.2. The van der Waals surface area contributed by atoms with Gasteiger partial charge in [0.25, 0.3) is 0 Å². The summed E-state index contributed by atoms with van der Waals surface area (Å²) in [6.07, 6.45) is 2.83. The normalized spacial score (nSPS) is 10.5. The zero-order chi connectivity index (χ0) is 12.0. The third-order valence-electron chi connectivity index (χ3n) is 2.24. The van der Waals surface area contributed by atoms with Gasteiger partial charge in [-0.05, 0) is 24.1 Å². The van der Waals surface area contributed by atoms with Gasteiger partial charge in [-0.15, -0.1) is 0 Å². The molecule has 0 heterocycles. The highest BCUT2D eigenvalue weighted by Crippen LogP contribution is 2.22. The molecule has 0 aliphatic carbocycles. The molecule has 0 unspecified atom stereocenters. The molecule has 0 saturated carbocycles. The molecule has 0 amide bonds. The molecule has 0 bridgehead atoms. The number of ether oxygens (including phenoxy) is 1. The van der Waals surface area contributed by atoms with Crippen LogP contribution in [-0.2, 0) is 6.61 Å². The summed E-state index contributed by atoms with van der Waals surface area (Å²) in [5.41, 5.74) is 0.310. The summed E-state index contributed by atoms with van der Waals surface area (Å²) in [6.45, 7) is 2.08. The van der Waals surface area contributed by atoms with Crippen LogP contribution in [0.2, 0.25) is 0 Å². The number of hydrogen-bond donors (Lipinski definition) is 1. The summed E-state index contributed by atoms with van der Waals surface area (Å²) in [5.74, 6) is -2.11. The van der Waals surface area contributed by atoms with Crippen LogP contribution in [0.4, 0.5) is 8.78 Å². The Bertz CT molecular complexity index is 340. The zero-order valence-electron chi connectivity index (χ0n) is 9.30. The maximum atomic E-state index is 13.2. The van der Waals surface area contributed by atoms with E-state index < -0.39 is 11.6 Å². The molecule has 0 aliphatic rings. The van der Waals surface area contributed by atoms with Crippen LogP contribution in [-0.4, -0.2) is 11.7 Å². The van der Waals surface area contributed by atoms with Crippen LogP contribution >= 0.6 is 0 Å². The molecule has 0 aliphatic heterocycles. The lowest BCUT2D eigenvalue weighted by Gasteiger charge is -2.08. The number of benzene rings is 1. The fourth-order valence-corrected chi connectivity index (χ4v) is 1.35. The number of aliphatic hydroxyl groups excluding tert-OH is 1. The number of aliphatic hydroxyl groups is 1. The van der Waals surface area contributed by atoms with E-state index in [1.807, 2.05) is 6.92 Å². The Morgan fingerprint density at radius 3 is 2.62 bits per heavy atom. The van der Waals surface area contributed by atoms with Crippen molar-refractivity contribution in [3.05, 3.63) is 29.3 Å². The standard InChI is InChI=1S/C12H16F2O2/c1-2-3-4-5-16-11-7-9(8-15)6-10(13)12(11)14/h6-7,15H,2-5,8H2,1H3. The fraction of sp³-hybridized carbons (Fsp3) is 0.500. The highest BCUT2D eigenvalue weighted by Gasteiger charge is 2.11. The van der Waals surface area contributed by atoms with Crippen molar-refractivity contribution < 1.29 is 18.6 Å². The largest absolute Gasteiger partial charge is 0.490 e. The molecule has 0 spiro atoms. The van der Waals surface area contributed by atoms with Gasteiger partial charge in [0.05, 0.1) is 13.2 Å². The Morgan fingerprint density at radius 1 is 1.25 bits per heavy atom. The van der Waals surface area contributed by atoms with Crippen molar-refractivity contribution >= 4 is 0 Å². The first-order chi connectivity index (χ1) is 7.69. The minimum atomic E-state index is -0.992. The second-order valence-corrected chi connectivity index (χ2v) is 3.60. The third-order valence-corrected chi connectivity index (χ3v) is 2.24. The Labute approximate surface area is 93.9 Å². The van der Waals surface area contributed by atoms with Gasteiger partial charge in [-0.2, -0.15) is 4.39 Å². The van der Waals surface area contributed by atoms with Crippen LogP contribution in [0.25, 0.3) is 0 Å². The molecule has 90 valence electrons. The van der Waals surface area contributed by atoms with Crippen molar-refractivity contribution in [2.45, 2.75) is 32.8 Å². The third kappa shape index (κ3) is 3.45. The topological polar surface area (TPSA) is 29.5 Å². The minimum absolute atomic E-state index is 0.125. The molecule has 0 radical (unpaired) electrons. The lowest BCUT2D eigenvalue weighted by molar-refractivity contribution is 0.270. The van der Waals surface area contributed by atoms with Gasteiger partial charge in [0.15, 0.2) is 11.6 Å². The van der Waals surface area contributed by atoms with Crippen molar-refractivity contribution in [2.75, 3.05) is 6.61 Å². The summed E-state index contributed by atoms with van der Waals surface area (Å²) in [4.78, 5) is 0. The van der Waals surface area contributed by atoms with Crippen molar-refractivity contribution in [1.29, 1.82) is 0 Å². The monoisotopic (exact) mass is 230 g/mol. The highest BCUT2D eigenvalue weighted by molar-refractivity contribution is 5.31. The van der Waals surface area contributed by atoms with Crippen LogP contribution < -0.4 is 4.74 Å². The molecular formula is C12H16F2O2. The first kappa shape index (κ1) is 12.9. The first-order valence-electron chi connectivity index (χ1n) is 5.40. The van der Waals surface area contributed by atoms with E-state index in [9.17, 15) is 8.78 Å². The molecule has 0 atom stereocenters. The first-order valence-corrected chi connectivity index (χ1v) is 5.40. The summed E-state index contributed by atoms with van der Waals surface area (Å²) < 4.78 is 31.4. The van der Waals surface area contributed by atoms with E-state index >= 15 is 0 Å². The lowest BCUT2D eigenvalue weighted by atomic mass is 10.2. The maximum absolute atomic E-state index is 13.2. The Hall–Kier alpha value is -1.16. The molecule has 1 aromatic carbocycles. The molecule has 1 rings (SSSR count). The summed E-state index contributed by atoms with van der Waals surface area (Å²) >= 11 is 0. The zero-order valence-corrected chi connectivity index (χ0v) is 9.30. The van der Waals surface area contributed by atoms with Gasteiger partial charge in [-0.25, -0.2) is 4.39 Å². The Kier molecular flexibility index (Phi) is 5.19. The molecular weight excluding hydrogens is 214 g/mol. The van der Waals surface area contributed by atoms with Crippen molar-refractivity contribution in [1.82, 2.24) is 0 Å². The number of rotatable bonds is 6. The molecule has 0 fully saturated rings. The molecule has 1 N–H and O–H groups in total. The molecule has 16 heavy (non-hydrogen) atoms. The van der Waals surface area contributed by atoms with E-state index in [1.165, 1.54) is 6.07 Å². The van der Waals surface area contributed by atoms with Crippen LogP contribution in [0, 0.1) is 11.6 Å². The number of halogens is 2. The quantitative estimate of drug-likeness (QED) is 0.761. The van der Waals surface area contributed by atoms with E-state index in [1.54, 1.807) is 0 Å². The van der Waals surface area contributed by atoms with Crippen molar-refractivity contribution in [3.8, 4) is 5.75 Å². The van der Waals surface area contributed by atoms with E-state index in [0.717, 1.165) is 25.3 Å². The van der Waals surface area contributed by atoms with Gasteiger partial charge in [0, 0.05) is 0 Å². The van der Waals surface area contributed by atoms with Gasteiger partial charge < -0.3 is 9.84 Å². The van der Waals surface area contributed by atoms with Crippen LogP contribution in [0.1, 0.15) is 31.7 Å². The van der Waals surface area contributed by atoms with Crippen molar-refractivity contribution in [2.24, 2.45) is 0 Å². The Balaban J connectivity index is 2.66. The summed E-state index contributed by atoms with van der Waals surface area (Å²) in [7, 11) is 0. The number of unbranched alkanes of at least 4 members (excludes halogenated alkanes) is 2. The summed E-state index contributed by atoms with van der Waals surface area (Å²) in [6, 6.07) is 2.29. The van der Waals surface area contributed by atoms with Crippen LogP contribution in [0.15, 0.2) is 12.1 Å². The van der Waals surface area contributed by atoms with Crippen LogP contribution in [0.5, 0.6) is 5.75 Å². The van der Waals surface area contributed by atoms with Gasteiger partial charge in [0.2, 0.25) is 5.82 Å². The van der Waals surface area contributed by atoms with Crippen LogP contribution in [0.3, 0.4) is 0 Å². The smallest absolute Gasteiger partial charge is 0.200 e. The van der Waals surface area contributed by atoms with Gasteiger partial charge in [-0.3, -0.25) is 0 Å². The average molecular weight is 230 g/mol. The average Bonchev–Trinajstić information content (AvgIpc) is 2.29. The maximum Gasteiger partial charge on any atom is 0.200 e. The van der Waals surface area contributed by atoms with E-state index in [-0.39, 0.29) is 12.4 Å². The SMILES string of the molecule is CCCCCOc1cc(CO)cc(F)c1F. The van der Waals surface area contributed by atoms with E-state index in [4.69, 9.17) is 9.84 Å². The molecule has 0 saturated heterocycles. The van der Waals surface area contributed by atoms with Gasteiger partial charge in [-0.1, -0.05) is 19.8 Å². The predicted octanol–water partition coefficient (Wildman–Crippen LogP) is 3.03. The Morgan fingerprint density at radius 2 is 2.00 bits per heavy atom. The second kappa shape index (κ2) is 6.43. The van der Waals surface area contributed by atoms with E-state index in [2.05, 4.69) is 0 Å². The molecule has 4 heteroatoms. The van der Waals surface area contributed by atoms with Gasteiger partial charge in [0.1, 0.15) is 0 Å². The second-order valence-electron chi connectivity index (χ2n) is 3.60. The minimum Gasteiger partial charge on any atom is -0.490 e. The lowest BCUT2D eigenvalue weighted by Crippen LogP contribution is -2.02. The molecule has 1 aromatic rings. The fourth-order valence-electron chi connectivity index (χ4n) is 1.35. The van der Waals surface area contributed by atoms with Gasteiger partial charge >= 0.3 is 0 Å². The molecule has 2 nitrogen and oxygen atoms in total. The number of hydrogen-bond acceptors (Lipinski definition) is 2. The molecule has 0 aromatic heterocycles.